The Morgan fingerprint density at radius 2 is 2.26 bits per heavy atom. The van der Waals surface area contributed by atoms with E-state index >= 15 is 0 Å². The van der Waals surface area contributed by atoms with Gasteiger partial charge in [-0.3, -0.25) is 4.79 Å². The van der Waals surface area contributed by atoms with E-state index in [1.807, 2.05) is 25.1 Å². The molecule has 0 spiro atoms. The number of nitrogens with zero attached hydrogens (tertiary/aromatic N) is 3. The van der Waals surface area contributed by atoms with Crippen LogP contribution in [0, 0.1) is 6.92 Å². The lowest BCUT2D eigenvalue weighted by Gasteiger charge is -2.05. The fourth-order valence-electron chi connectivity index (χ4n) is 1.82. The molecule has 2 heterocycles. The zero-order valence-electron chi connectivity index (χ0n) is 11.3. The molecule has 0 saturated carbocycles. The number of amides is 1. The zero-order valence-corrected chi connectivity index (χ0v) is 11.3. The van der Waals surface area contributed by atoms with Gasteiger partial charge in [-0.15, -0.1) is 0 Å². The summed E-state index contributed by atoms with van der Waals surface area (Å²) < 4.78 is 1.68. The van der Waals surface area contributed by atoms with Gasteiger partial charge in [0.15, 0.2) is 5.82 Å². The molecular weight excluding hydrogens is 240 g/mol. The Bertz CT molecular complexity index is 548. The molecule has 2 aromatic rings. The van der Waals surface area contributed by atoms with Crippen molar-refractivity contribution in [3.8, 4) is 5.82 Å². The highest BCUT2D eigenvalue weighted by Crippen LogP contribution is 2.11. The summed E-state index contributed by atoms with van der Waals surface area (Å²) in [5.74, 6) is 0.640. The fraction of sp³-hybridized carbons (Fsp3) is 0.357. The van der Waals surface area contributed by atoms with Gasteiger partial charge in [-0.25, -0.2) is 9.67 Å². The van der Waals surface area contributed by atoms with E-state index in [2.05, 4.69) is 22.3 Å². The smallest absolute Gasteiger partial charge is 0.254 e. The first-order valence-corrected chi connectivity index (χ1v) is 6.48. The molecule has 1 amide bonds. The predicted octanol–water partition coefficient (Wildman–Crippen LogP) is 2.11. The van der Waals surface area contributed by atoms with Gasteiger partial charge in [0.25, 0.3) is 5.91 Å². The number of carbonyl (C=O) groups is 1. The average molecular weight is 258 g/mol. The maximum atomic E-state index is 12.0. The van der Waals surface area contributed by atoms with E-state index in [1.54, 1.807) is 17.1 Å². The Kier molecular flexibility index (Phi) is 4.28. The number of rotatable bonds is 5. The Labute approximate surface area is 112 Å². The largest absolute Gasteiger partial charge is 0.352 e. The lowest BCUT2D eigenvalue weighted by Crippen LogP contribution is -2.24. The number of nitrogens with one attached hydrogen (secondary N) is 1. The van der Waals surface area contributed by atoms with Crippen molar-refractivity contribution in [1.82, 2.24) is 20.1 Å². The van der Waals surface area contributed by atoms with Crippen LogP contribution in [0.25, 0.3) is 5.82 Å². The topological polar surface area (TPSA) is 59.8 Å². The van der Waals surface area contributed by atoms with Crippen molar-refractivity contribution in [1.29, 1.82) is 0 Å². The first-order valence-electron chi connectivity index (χ1n) is 6.48. The summed E-state index contributed by atoms with van der Waals surface area (Å²) in [4.78, 5) is 16.2. The first kappa shape index (κ1) is 13.3. The molecule has 0 radical (unpaired) electrons. The van der Waals surface area contributed by atoms with Crippen LogP contribution in [0.4, 0.5) is 0 Å². The van der Waals surface area contributed by atoms with Crippen LogP contribution >= 0.6 is 0 Å². The maximum Gasteiger partial charge on any atom is 0.254 e. The van der Waals surface area contributed by atoms with Gasteiger partial charge in [-0.1, -0.05) is 19.4 Å². The summed E-state index contributed by atoms with van der Waals surface area (Å²) >= 11 is 0. The van der Waals surface area contributed by atoms with E-state index in [4.69, 9.17) is 0 Å². The molecule has 0 atom stereocenters. The molecule has 2 aromatic heterocycles. The third-order valence-corrected chi connectivity index (χ3v) is 2.94. The number of unbranched alkanes of at least 4 members (excludes halogenated alkanes) is 1. The molecule has 5 nitrogen and oxygen atoms in total. The molecule has 100 valence electrons. The minimum Gasteiger partial charge on any atom is -0.352 e. The van der Waals surface area contributed by atoms with Crippen molar-refractivity contribution >= 4 is 5.91 Å². The van der Waals surface area contributed by atoms with Crippen molar-refractivity contribution in [2.45, 2.75) is 26.7 Å². The summed E-state index contributed by atoms with van der Waals surface area (Å²) in [6.45, 7) is 4.66. The van der Waals surface area contributed by atoms with E-state index in [-0.39, 0.29) is 5.91 Å². The lowest BCUT2D eigenvalue weighted by atomic mass is 10.2. The lowest BCUT2D eigenvalue weighted by molar-refractivity contribution is 0.0952. The summed E-state index contributed by atoms with van der Waals surface area (Å²) in [6.07, 6.45) is 5.34. The number of aromatic nitrogens is 3. The quantitative estimate of drug-likeness (QED) is 0.835. The van der Waals surface area contributed by atoms with Crippen LogP contribution in [0.3, 0.4) is 0 Å². The monoisotopic (exact) mass is 258 g/mol. The molecular formula is C14H18N4O. The third-order valence-electron chi connectivity index (χ3n) is 2.94. The summed E-state index contributed by atoms with van der Waals surface area (Å²) in [7, 11) is 0. The van der Waals surface area contributed by atoms with Crippen LogP contribution in [-0.2, 0) is 0 Å². The number of hydrogen-bond acceptors (Lipinski definition) is 3. The van der Waals surface area contributed by atoms with Crippen LogP contribution in [0.2, 0.25) is 0 Å². The van der Waals surface area contributed by atoms with Crippen LogP contribution < -0.4 is 5.32 Å². The average Bonchev–Trinajstić information content (AvgIpc) is 2.82. The molecule has 1 N–H and O–H groups in total. The van der Waals surface area contributed by atoms with Crippen molar-refractivity contribution in [2.24, 2.45) is 0 Å². The van der Waals surface area contributed by atoms with Crippen molar-refractivity contribution in [2.75, 3.05) is 6.54 Å². The molecule has 5 heteroatoms. The highest BCUT2D eigenvalue weighted by Gasteiger charge is 2.14. The van der Waals surface area contributed by atoms with Gasteiger partial charge in [0, 0.05) is 12.7 Å². The second kappa shape index (κ2) is 6.13. The number of pyridine rings is 1. The second-order valence-electron chi connectivity index (χ2n) is 4.35. The van der Waals surface area contributed by atoms with Gasteiger partial charge in [0.1, 0.15) is 0 Å². The van der Waals surface area contributed by atoms with Crippen LogP contribution in [-0.4, -0.2) is 27.2 Å². The molecule has 0 aliphatic rings. The minimum atomic E-state index is -0.0758. The van der Waals surface area contributed by atoms with E-state index in [1.165, 1.54) is 0 Å². The SMILES string of the molecule is CCCCNC(=O)c1cnn(-c2ccccn2)c1C. The molecule has 2 rings (SSSR count). The highest BCUT2D eigenvalue weighted by molar-refractivity contribution is 5.95. The van der Waals surface area contributed by atoms with Crippen LogP contribution in [0.15, 0.2) is 30.6 Å². The molecule has 19 heavy (non-hydrogen) atoms. The molecule has 0 aromatic carbocycles. The van der Waals surface area contributed by atoms with E-state index in [0.29, 0.717) is 17.9 Å². The third kappa shape index (κ3) is 2.99. The second-order valence-corrected chi connectivity index (χ2v) is 4.35. The predicted molar refractivity (Wildman–Crippen MR) is 73.3 cm³/mol. The van der Waals surface area contributed by atoms with Crippen molar-refractivity contribution < 1.29 is 4.79 Å². The Morgan fingerprint density at radius 1 is 1.42 bits per heavy atom. The van der Waals surface area contributed by atoms with Gasteiger partial charge in [-0.05, 0) is 25.5 Å². The van der Waals surface area contributed by atoms with Gasteiger partial charge in [0.2, 0.25) is 0 Å². The standard InChI is InChI=1S/C14H18N4O/c1-3-4-8-16-14(19)12-10-17-18(11(12)2)13-7-5-6-9-15-13/h5-7,9-10H,3-4,8H2,1-2H3,(H,16,19). The summed E-state index contributed by atoms with van der Waals surface area (Å²) in [6, 6.07) is 5.60. The normalized spacial score (nSPS) is 10.4. The zero-order chi connectivity index (χ0) is 13.7. The molecule has 0 unspecified atom stereocenters. The van der Waals surface area contributed by atoms with Gasteiger partial charge < -0.3 is 5.32 Å². The van der Waals surface area contributed by atoms with Gasteiger partial charge in [-0.2, -0.15) is 5.10 Å². The Balaban J connectivity index is 2.17. The number of carbonyl (C=O) groups excluding carboxylic acids is 1. The number of hydrogen-bond donors (Lipinski definition) is 1. The fourth-order valence-corrected chi connectivity index (χ4v) is 1.82. The van der Waals surface area contributed by atoms with E-state index in [9.17, 15) is 4.79 Å². The van der Waals surface area contributed by atoms with Gasteiger partial charge >= 0.3 is 0 Å². The summed E-state index contributed by atoms with van der Waals surface area (Å²) in [5.41, 5.74) is 1.40. The molecule has 0 fully saturated rings. The van der Waals surface area contributed by atoms with Gasteiger partial charge in [0.05, 0.1) is 17.5 Å². The molecule has 0 aliphatic carbocycles. The molecule has 0 saturated heterocycles. The van der Waals surface area contributed by atoms with Crippen molar-refractivity contribution in [3.63, 3.8) is 0 Å². The molecule has 0 bridgehead atoms. The van der Waals surface area contributed by atoms with Crippen molar-refractivity contribution in [3.05, 3.63) is 41.9 Å². The Morgan fingerprint density at radius 3 is 2.95 bits per heavy atom. The Hall–Kier alpha value is -2.17. The maximum absolute atomic E-state index is 12.0. The minimum absolute atomic E-state index is 0.0758. The van der Waals surface area contributed by atoms with E-state index in [0.717, 1.165) is 18.5 Å². The van der Waals surface area contributed by atoms with Crippen LogP contribution in [0.5, 0.6) is 0 Å². The van der Waals surface area contributed by atoms with E-state index < -0.39 is 0 Å². The first-order chi connectivity index (χ1) is 9.24. The highest BCUT2D eigenvalue weighted by atomic mass is 16.1. The summed E-state index contributed by atoms with van der Waals surface area (Å²) in [5, 5.41) is 7.12. The molecule has 0 aliphatic heterocycles. The van der Waals surface area contributed by atoms with Crippen LogP contribution in [0.1, 0.15) is 35.8 Å².